The van der Waals surface area contributed by atoms with Crippen LogP contribution in [0.5, 0.6) is 0 Å². The predicted octanol–water partition coefficient (Wildman–Crippen LogP) is 3.69. The van der Waals surface area contributed by atoms with Crippen LogP contribution in [0.25, 0.3) is 0 Å². The van der Waals surface area contributed by atoms with Gasteiger partial charge in [0.25, 0.3) is 0 Å². The Morgan fingerprint density at radius 1 is 1.23 bits per heavy atom. The van der Waals surface area contributed by atoms with E-state index in [-0.39, 0.29) is 17.3 Å². The minimum atomic E-state index is -0.406. The van der Waals surface area contributed by atoms with Gasteiger partial charge in [-0.3, -0.25) is 4.79 Å². The maximum absolute atomic E-state index is 12.6. The number of unbranched alkanes of at least 4 members (excludes halogenated alkanes) is 1. The van der Waals surface area contributed by atoms with E-state index in [0.717, 1.165) is 19.3 Å². The van der Waals surface area contributed by atoms with Crippen LogP contribution in [0.4, 0.5) is 0 Å². The molecule has 2 atom stereocenters. The van der Waals surface area contributed by atoms with Crippen molar-refractivity contribution in [2.75, 3.05) is 12.4 Å². The summed E-state index contributed by atoms with van der Waals surface area (Å²) in [4.78, 5) is 26.7. The molecule has 1 amide bonds. The second-order valence-corrected chi connectivity index (χ2v) is 8.06. The Kier molecular flexibility index (Phi) is 8.29. The lowest BCUT2D eigenvalue weighted by molar-refractivity contribution is -0.154. The third-order valence-electron chi connectivity index (χ3n) is 3.65. The highest BCUT2D eigenvalue weighted by Gasteiger charge is 2.42. The van der Waals surface area contributed by atoms with Gasteiger partial charge in [-0.2, -0.15) is 0 Å². The molecule has 1 aliphatic heterocycles. The van der Waals surface area contributed by atoms with Gasteiger partial charge < -0.3 is 9.64 Å². The molecule has 0 bridgehead atoms. The molecular formula is C17H31NO3S. The molecular weight excluding hydrogens is 298 g/mol. The average Bonchev–Trinajstić information content (AvgIpc) is 2.81. The molecule has 0 N–H and O–H groups in total. The lowest BCUT2D eigenvalue weighted by Crippen LogP contribution is -2.47. The molecule has 1 fully saturated rings. The minimum Gasteiger partial charge on any atom is -0.464 e. The molecule has 0 aliphatic carbocycles. The van der Waals surface area contributed by atoms with Gasteiger partial charge in [-0.25, -0.2) is 4.79 Å². The minimum absolute atomic E-state index is 0.0862. The van der Waals surface area contributed by atoms with Gasteiger partial charge in [-0.15, -0.1) is 11.8 Å². The zero-order chi connectivity index (χ0) is 16.7. The summed E-state index contributed by atoms with van der Waals surface area (Å²) in [7, 11) is 0. The molecule has 128 valence electrons. The van der Waals surface area contributed by atoms with Crippen LogP contribution in [-0.4, -0.2) is 40.6 Å². The molecule has 0 radical (unpaired) electrons. The first-order valence-corrected chi connectivity index (χ1v) is 9.51. The van der Waals surface area contributed by atoms with Gasteiger partial charge in [0.15, 0.2) is 0 Å². The summed E-state index contributed by atoms with van der Waals surface area (Å²) in [5, 5.41) is 0.106. The van der Waals surface area contributed by atoms with E-state index in [2.05, 4.69) is 20.8 Å². The van der Waals surface area contributed by atoms with Crippen molar-refractivity contribution in [1.82, 2.24) is 4.90 Å². The zero-order valence-electron chi connectivity index (χ0n) is 14.6. The molecule has 5 heteroatoms. The first-order chi connectivity index (χ1) is 10.4. The smallest absolute Gasteiger partial charge is 0.329 e. The van der Waals surface area contributed by atoms with E-state index in [1.165, 1.54) is 0 Å². The normalized spacial score (nSPS) is 21.7. The summed E-state index contributed by atoms with van der Waals surface area (Å²) in [6.45, 7) is 10.9. The summed E-state index contributed by atoms with van der Waals surface area (Å²) in [6.07, 6.45) is 3.29. The van der Waals surface area contributed by atoms with E-state index in [4.69, 9.17) is 4.74 Å². The highest BCUT2D eigenvalue weighted by molar-refractivity contribution is 8.00. The quantitative estimate of drug-likeness (QED) is 0.503. The van der Waals surface area contributed by atoms with E-state index < -0.39 is 6.04 Å². The summed E-state index contributed by atoms with van der Waals surface area (Å²) < 4.78 is 5.36. The lowest BCUT2D eigenvalue weighted by Gasteiger charge is -2.30. The van der Waals surface area contributed by atoms with Crippen molar-refractivity contribution in [2.45, 2.75) is 71.7 Å². The zero-order valence-corrected chi connectivity index (χ0v) is 15.4. The fraction of sp³-hybridized carbons (Fsp3) is 0.882. The highest BCUT2D eigenvalue weighted by atomic mass is 32.2. The Morgan fingerprint density at radius 2 is 1.91 bits per heavy atom. The van der Waals surface area contributed by atoms with Gasteiger partial charge in [0.05, 0.1) is 12.0 Å². The third-order valence-corrected chi connectivity index (χ3v) is 4.96. The molecule has 1 rings (SSSR count). The van der Waals surface area contributed by atoms with E-state index in [1.807, 2.05) is 13.8 Å². The number of thioether (sulfide) groups is 1. The Balaban J connectivity index is 2.76. The van der Waals surface area contributed by atoms with E-state index in [0.29, 0.717) is 30.6 Å². The van der Waals surface area contributed by atoms with E-state index in [9.17, 15) is 9.59 Å². The number of nitrogens with zero attached hydrogens (tertiary/aromatic N) is 1. The third kappa shape index (κ3) is 5.82. The van der Waals surface area contributed by atoms with E-state index in [1.54, 1.807) is 16.7 Å². The number of hydrogen-bond donors (Lipinski definition) is 0. The van der Waals surface area contributed by atoms with Crippen LogP contribution < -0.4 is 0 Å². The largest absolute Gasteiger partial charge is 0.464 e. The standard InChI is InChI=1S/C17H31NO3S/c1-6-7-8-21-17(20)14-11-22-16(10-13(4)5)18(14)15(19)9-12(2)3/h12-14,16H,6-11H2,1-5H3. The van der Waals surface area contributed by atoms with Crippen LogP contribution in [0.15, 0.2) is 0 Å². The number of ether oxygens (including phenoxy) is 1. The topological polar surface area (TPSA) is 46.6 Å². The second-order valence-electron chi connectivity index (χ2n) is 6.85. The molecule has 0 saturated carbocycles. The Labute approximate surface area is 139 Å². The molecule has 0 aromatic heterocycles. The molecule has 1 saturated heterocycles. The van der Waals surface area contributed by atoms with Crippen molar-refractivity contribution >= 4 is 23.6 Å². The maximum Gasteiger partial charge on any atom is 0.329 e. The Bertz CT molecular complexity index is 371. The summed E-state index contributed by atoms with van der Waals surface area (Å²) >= 11 is 1.71. The summed E-state index contributed by atoms with van der Waals surface area (Å²) in [6, 6.07) is -0.406. The molecule has 22 heavy (non-hydrogen) atoms. The monoisotopic (exact) mass is 329 g/mol. The predicted molar refractivity (Wildman–Crippen MR) is 91.7 cm³/mol. The molecule has 0 aromatic carbocycles. The lowest BCUT2D eigenvalue weighted by atomic mass is 10.1. The Hall–Kier alpha value is -0.710. The van der Waals surface area contributed by atoms with Crippen LogP contribution in [-0.2, 0) is 14.3 Å². The van der Waals surface area contributed by atoms with E-state index >= 15 is 0 Å². The molecule has 1 heterocycles. The molecule has 4 nitrogen and oxygen atoms in total. The van der Waals surface area contributed by atoms with Crippen molar-refractivity contribution in [1.29, 1.82) is 0 Å². The van der Waals surface area contributed by atoms with Crippen molar-refractivity contribution in [3.05, 3.63) is 0 Å². The van der Waals surface area contributed by atoms with Crippen LogP contribution in [0.3, 0.4) is 0 Å². The number of esters is 1. The van der Waals surface area contributed by atoms with Gasteiger partial charge in [-0.1, -0.05) is 41.0 Å². The van der Waals surface area contributed by atoms with Crippen LogP contribution in [0.1, 0.15) is 60.3 Å². The van der Waals surface area contributed by atoms with Crippen LogP contribution in [0, 0.1) is 11.8 Å². The summed E-state index contributed by atoms with van der Waals surface area (Å²) in [5.74, 6) is 1.32. The van der Waals surface area contributed by atoms with Crippen LogP contribution >= 0.6 is 11.8 Å². The first kappa shape index (κ1) is 19.3. The second kappa shape index (κ2) is 9.43. The van der Waals surface area contributed by atoms with Crippen molar-refractivity contribution < 1.29 is 14.3 Å². The molecule has 0 aromatic rings. The number of amides is 1. The number of carbonyl (C=O) groups excluding carboxylic acids is 2. The van der Waals surface area contributed by atoms with Gasteiger partial charge in [0, 0.05) is 12.2 Å². The maximum atomic E-state index is 12.6. The van der Waals surface area contributed by atoms with Gasteiger partial charge >= 0.3 is 5.97 Å². The van der Waals surface area contributed by atoms with Crippen LogP contribution in [0.2, 0.25) is 0 Å². The summed E-state index contributed by atoms with van der Waals surface area (Å²) in [5.41, 5.74) is 0. The average molecular weight is 330 g/mol. The number of carbonyl (C=O) groups is 2. The van der Waals surface area contributed by atoms with Crippen molar-refractivity contribution in [3.63, 3.8) is 0 Å². The number of rotatable bonds is 8. The molecule has 1 aliphatic rings. The van der Waals surface area contributed by atoms with Gasteiger partial charge in [0.2, 0.25) is 5.91 Å². The van der Waals surface area contributed by atoms with Crippen molar-refractivity contribution in [3.8, 4) is 0 Å². The SMILES string of the molecule is CCCCOC(=O)C1CSC(CC(C)C)N1C(=O)CC(C)C. The molecule has 2 unspecified atom stereocenters. The Morgan fingerprint density at radius 3 is 2.45 bits per heavy atom. The van der Waals surface area contributed by atoms with Gasteiger partial charge in [0.1, 0.15) is 6.04 Å². The highest BCUT2D eigenvalue weighted by Crippen LogP contribution is 2.34. The van der Waals surface area contributed by atoms with Crippen molar-refractivity contribution in [2.24, 2.45) is 11.8 Å². The fourth-order valence-corrected chi connectivity index (χ4v) is 4.18. The van der Waals surface area contributed by atoms with Gasteiger partial charge in [-0.05, 0) is 24.7 Å². The molecule has 0 spiro atoms. The fourth-order valence-electron chi connectivity index (χ4n) is 2.53. The number of hydrogen-bond acceptors (Lipinski definition) is 4. The first-order valence-electron chi connectivity index (χ1n) is 8.46.